The van der Waals surface area contributed by atoms with Crippen LogP contribution in [0.15, 0.2) is 23.1 Å². The molecule has 2 N–H and O–H groups in total. The van der Waals surface area contributed by atoms with Crippen molar-refractivity contribution in [3.63, 3.8) is 0 Å². The van der Waals surface area contributed by atoms with Crippen LogP contribution in [-0.4, -0.2) is 53.2 Å². The van der Waals surface area contributed by atoms with E-state index in [-0.39, 0.29) is 43.3 Å². The van der Waals surface area contributed by atoms with Gasteiger partial charge in [0.15, 0.2) is 0 Å². The van der Waals surface area contributed by atoms with Gasteiger partial charge in [0.1, 0.15) is 5.82 Å². The van der Waals surface area contributed by atoms with Crippen molar-refractivity contribution in [2.24, 2.45) is 5.73 Å². The van der Waals surface area contributed by atoms with Gasteiger partial charge in [-0.05, 0) is 12.1 Å². The average molecular weight is 320 g/mol. The Balaban J connectivity index is 3.18. The molecule has 1 rings (SSSR count). The lowest BCUT2D eigenvalue weighted by Crippen LogP contribution is -2.37. The molecule has 0 aliphatic carbocycles. The molecule has 0 aromatic heterocycles. The third-order valence-corrected chi connectivity index (χ3v) is 4.97. The number of nitrogens with zero attached hydrogens (tertiary/aromatic N) is 1. The maximum absolute atomic E-state index is 13.7. The summed E-state index contributed by atoms with van der Waals surface area (Å²) in [5.41, 5.74) is 5.46. The number of ether oxygens (including phenoxy) is 2. The second-order valence-corrected chi connectivity index (χ2v) is 6.22. The molecule has 8 heteroatoms. The summed E-state index contributed by atoms with van der Waals surface area (Å²) < 4.78 is 50.1. The number of nitrogens with two attached hydrogens (primary N) is 1. The maximum atomic E-state index is 13.7. The highest BCUT2D eigenvalue weighted by atomic mass is 32.2. The first kappa shape index (κ1) is 18.0. The highest BCUT2D eigenvalue weighted by Gasteiger charge is 2.27. The van der Waals surface area contributed by atoms with Gasteiger partial charge in [0.05, 0.1) is 18.1 Å². The normalized spacial score (nSPS) is 12.0. The molecular formula is C13H21FN2O4S. The molecular weight excluding hydrogens is 299 g/mol. The van der Waals surface area contributed by atoms with Crippen LogP contribution in [0.3, 0.4) is 0 Å². The molecule has 0 saturated carbocycles. The Hall–Kier alpha value is -1.06. The first-order valence-electron chi connectivity index (χ1n) is 6.44. The van der Waals surface area contributed by atoms with E-state index in [1.807, 2.05) is 0 Å². The van der Waals surface area contributed by atoms with Crippen LogP contribution in [0.4, 0.5) is 4.39 Å². The Labute approximate surface area is 124 Å². The third kappa shape index (κ3) is 4.45. The Morgan fingerprint density at radius 3 is 2.24 bits per heavy atom. The smallest absolute Gasteiger partial charge is 0.243 e. The zero-order valence-corrected chi connectivity index (χ0v) is 13.0. The Morgan fingerprint density at radius 1 is 1.19 bits per heavy atom. The van der Waals surface area contributed by atoms with Crippen LogP contribution in [0.25, 0.3) is 0 Å². The van der Waals surface area contributed by atoms with Gasteiger partial charge in [-0.2, -0.15) is 4.31 Å². The van der Waals surface area contributed by atoms with E-state index in [4.69, 9.17) is 15.2 Å². The number of hydrogen-bond acceptors (Lipinski definition) is 5. The van der Waals surface area contributed by atoms with Crippen LogP contribution in [0.1, 0.15) is 5.56 Å². The van der Waals surface area contributed by atoms with Crippen molar-refractivity contribution < 1.29 is 22.3 Å². The van der Waals surface area contributed by atoms with Crippen LogP contribution < -0.4 is 5.73 Å². The van der Waals surface area contributed by atoms with E-state index in [1.54, 1.807) is 0 Å². The molecule has 0 amide bonds. The molecule has 0 atom stereocenters. The predicted octanol–water partition coefficient (Wildman–Crippen LogP) is 0.568. The molecule has 0 radical (unpaired) electrons. The summed E-state index contributed by atoms with van der Waals surface area (Å²) in [6, 6.07) is 3.90. The van der Waals surface area contributed by atoms with E-state index in [2.05, 4.69) is 0 Å². The Bertz CT molecular complexity index is 543. The van der Waals surface area contributed by atoms with Crippen molar-refractivity contribution in [3.8, 4) is 0 Å². The van der Waals surface area contributed by atoms with Crippen LogP contribution >= 0.6 is 0 Å². The molecule has 0 spiro atoms. The van der Waals surface area contributed by atoms with Gasteiger partial charge in [-0.25, -0.2) is 12.8 Å². The van der Waals surface area contributed by atoms with Crippen molar-refractivity contribution in [3.05, 3.63) is 29.6 Å². The lowest BCUT2D eigenvalue weighted by atomic mass is 10.2. The molecule has 0 heterocycles. The molecule has 1 aromatic rings. The fourth-order valence-electron chi connectivity index (χ4n) is 1.86. The van der Waals surface area contributed by atoms with Gasteiger partial charge >= 0.3 is 0 Å². The number of sulfonamides is 1. The quantitative estimate of drug-likeness (QED) is 0.719. The van der Waals surface area contributed by atoms with Gasteiger partial charge in [0, 0.05) is 39.4 Å². The molecule has 0 aliphatic heterocycles. The highest BCUT2D eigenvalue weighted by Crippen LogP contribution is 2.22. The van der Waals surface area contributed by atoms with E-state index < -0.39 is 15.8 Å². The molecule has 1 aromatic carbocycles. The number of rotatable bonds is 9. The van der Waals surface area contributed by atoms with Gasteiger partial charge in [-0.15, -0.1) is 0 Å². The minimum atomic E-state index is -3.86. The van der Waals surface area contributed by atoms with Crippen molar-refractivity contribution >= 4 is 10.0 Å². The topological polar surface area (TPSA) is 81.9 Å². The number of benzene rings is 1. The third-order valence-electron chi connectivity index (χ3n) is 2.99. The van der Waals surface area contributed by atoms with E-state index >= 15 is 0 Å². The molecule has 0 unspecified atom stereocenters. The van der Waals surface area contributed by atoms with E-state index in [9.17, 15) is 12.8 Å². The van der Waals surface area contributed by atoms with Crippen molar-refractivity contribution in [2.45, 2.75) is 11.4 Å². The lowest BCUT2D eigenvalue weighted by Gasteiger charge is -2.23. The Kier molecular flexibility index (Phi) is 7.20. The largest absolute Gasteiger partial charge is 0.383 e. The second-order valence-electron chi connectivity index (χ2n) is 4.31. The summed E-state index contributed by atoms with van der Waals surface area (Å²) in [7, 11) is -0.896. The summed E-state index contributed by atoms with van der Waals surface area (Å²) >= 11 is 0. The summed E-state index contributed by atoms with van der Waals surface area (Å²) in [4.78, 5) is -0.114. The average Bonchev–Trinajstić information content (AvgIpc) is 2.46. The van der Waals surface area contributed by atoms with Gasteiger partial charge in [0.2, 0.25) is 10.0 Å². The predicted molar refractivity (Wildman–Crippen MR) is 76.8 cm³/mol. The summed E-state index contributed by atoms with van der Waals surface area (Å²) in [5, 5.41) is 0. The molecule has 120 valence electrons. The van der Waals surface area contributed by atoms with E-state index in [1.165, 1.54) is 36.7 Å². The van der Waals surface area contributed by atoms with E-state index in [0.717, 1.165) is 0 Å². The van der Waals surface area contributed by atoms with Gasteiger partial charge < -0.3 is 15.2 Å². The molecule has 6 nitrogen and oxygen atoms in total. The molecule has 0 fully saturated rings. The molecule has 0 saturated heterocycles. The molecule has 0 aliphatic rings. The minimum Gasteiger partial charge on any atom is -0.383 e. The fraction of sp³-hybridized carbons (Fsp3) is 0.538. The number of halogens is 1. The van der Waals surface area contributed by atoms with Gasteiger partial charge in [0.25, 0.3) is 0 Å². The fourth-order valence-corrected chi connectivity index (χ4v) is 3.51. The minimum absolute atomic E-state index is 0.0164. The second kappa shape index (κ2) is 8.40. The highest BCUT2D eigenvalue weighted by molar-refractivity contribution is 7.89. The Morgan fingerprint density at radius 2 is 1.76 bits per heavy atom. The van der Waals surface area contributed by atoms with Crippen LogP contribution in [0, 0.1) is 5.82 Å². The van der Waals surface area contributed by atoms with Gasteiger partial charge in [-0.3, -0.25) is 0 Å². The van der Waals surface area contributed by atoms with Crippen molar-refractivity contribution in [2.75, 3.05) is 40.5 Å². The van der Waals surface area contributed by atoms with Crippen molar-refractivity contribution in [1.29, 1.82) is 0 Å². The van der Waals surface area contributed by atoms with Crippen LogP contribution in [0.2, 0.25) is 0 Å². The van der Waals surface area contributed by atoms with Gasteiger partial charge in [-0.1, -0.05) is 6.07 Å². The zero-order chi connectivity index (χ0) is 15.9. The van der Waals surface area contributed by atoms with Crippen LogP contribution in [0.5, 0.6) is 0 Å². The summed E-state index contributed by atoms with van der Waals surface area (Å²) in [6.45, 7) is 0.585. The lowest BCUT2D eigenvalue weighted by molar-refractivity contribution is 0.150. The summed E-state index contributed by atoms with van der Waals surface area (Å²) in [6.07, 6.45) is 0. The summed E-state index contributed by atoms with van der Waals surface area (Å²) in [5.74, 6) is -0.628. The number of hydrogen-bond donors (Lipinski definition) is 1. The van der Waals surface area contributed by atoms with E-state index in [0.29, 0.717) is 0 Å². The SMILES string of the molecule is COCCN(CCOC)S(=O)(=O)c1cccc(F)c1CN. The maximum Gasteiger partial charge on any atom is 0.243 e. The molecule has 0 bridgehead atoms. The number of methoxy groups -OCH3 is 2. The first-order chi connectivity index (χ1) is 9.98. The standard InChI is InChI=1S/C13H21FN2O4S/c1-19-8-6-16(7-9-20-2)21(17,18)13-5-3-4-12(14)11(13)10-15/h3-5H,6-10,15H2,1-2H3. The van der Waals surface area contributed by atoms with Crippen molar-refractivity contribution in [1.82, 2.24) is 4.31 Å². The first-order valence-corrected chi connectivity index (χ1v) is 7.88. The monoisotopic (exact) mass is 320 g/mol. The van der Waals surface area contributed by atoms with Crippen LogP contribution in [-0.2, 0) is 26.0 Å². The zero-order valence-electron chi connectivity index (χ0n) is 12.2. The molecule has 21 heavy (non-hydrogen) atoms.